The van der Waals surface area contributed by atoms with E-state index in [0.717, 1.165) is 0 Å². The first-order valence-corrected chi connectivity index (χ1v) is 9.93. The molecule has 1 aromatic carbocycles. The van der Waals surface area contributed by atoms with Gasteiger partial charge in [0.15, 0.2) is 5.16 Å². The van der Waals surface area contributed by atoms with Crippen LogP contribution in [-0.4, -0.2) is 34.4 Å². The molecule has 0 aliphatic carbocycles. The van der Waals surface area contributed by atoms with E-state index in [2.05, 4.69) is 10.3 Å². The molecule has 3 aromatic rings. The highest BCUT2D eigenvalue weighted by Gasteiger charge is 2.18. The molecule has 0 saturated carbocycles. The SMILES string of the molecule is COc1ccccc1-n1c(SCC(=O)NC(C)C)nc2ccsc2c1=O. The molecule has 0 aliphatic heterocycles. The summed E-state index contributed by atoms with van der Waals surface area (Å²) in [7, 11) is 1.56. The van der Waals surface area contributed by atoms with Crippen molar-refractivity contribution in [3.05, 3.63) is 46.1 Å². The van der Waals surface area contributed by atoms with Crippen LogP contribution in [0.15, 0.2) is 45.7 Å². The number of hydrogen-bond donors (Lipinski definition) is 1. The van der Waals surface area contributed by atoms with Gasteiger partial charge in [-0.1, -0.05) is 23.9 Å². The third kappa shape index (κ3) is 3.76. The number of methoxy groups -OCH3 is 1. The molecule has 8 heteroatoms. The van der Waals surface area contributed by atoms with Gasteiger partial charge in [-0.25, -0.2) is 4.98 Å². The predicted molar refractivity (Wildman–Crippen MR) is 106 cm³/mol. The lowest BCUT2D eigenvalue weighted by Crippen LogP contribution is -2.32. The number of nitrogens with one attached hydrogen (secondary N) is 1. The van der Waals surface area contributed by atoms with Crippen LogP contribution in [-0.2, 0) is 4.79 Å². The van der Waals surface area contributed by atoms with Crippen molar-refractivity contribution in [2.24, 2.45) is 0 Å². The Hall–Kier alpha value is -2.32. The topological polar surface area (TPSA) is 73.2 Å². The fraction of sp³-hybridized carbons (Fsp3) is 0.278. The number of rotatable bonds is 6. The normalized spacial score (nSPS) is 11.1. The number of ether oxygens (including phenoxy) is 1. The second-order valence-corrected chi connectivity index (χ2v) is 7.71. The first kappa shape index (κ1) is 18.5. The van der Waals surface area contributed by atoms with Gasteiger partial charge in [-0.15, -0.1) is 11.3 Å². The molecule has 136 valence electrons. The van der Waals surface area contributed by atoms with E-state index >= 15 is 0 Å². The smallest absolute Gasteiger partial charge is 0.276 e. The standard InChI is InChI=1S/C18H19N3O3S2/c1-11(2)19-15(22)10-26-18-20-12-8-9-25-16(12)17(23)21(18)13-6-4-5-7-14(13)24-3/h4-9,11H,10H2,1-3H3,(H,19,22). The quantitative estimate of drug-likeness (QED) is 0.518. The maximum Gasteiger partial charge on any atom is 0.276 e. The molecular weight excluding hydrogens is 370 g/mol. The third-order valence-electron chi connectivity index (χ3n) is 3.56. The van der Waals surface area contributed by atoms with Crippen LogP contribution in [0, 0.1) is 0 Å². The second kappa shape index (κ2) is 7.92. The number of nitrogens with zero attached hydrogens (tertiary/aromatic N) is 2. The van der Waals surface area contributed by atoms with Crippen molar-refractivity contribution in [1.82, 2.24) is 14.9 Å². The van der Waals surface area contributed by atoms with Crippen LogP contribution in [0.1, 0.15) is 13.8 Å². The molecule has 0 spiro atoms. The average Bonchev–Trinajstić information content (AvgIpc) is 3.08. The minimum absolute atomic E-state index is 0.0619. The van der Waals surface area contributed by atoms with Gasteiger partial charge in [0.25, 0.3) is 5.56 Å². The highest BCUT2D eigenvalue weighted by Crippen LogP contribution is 2.28. The molecule has 2 aromatic heterocycles. The monoisotopic (exact) mass is 389 g/mol. The van der Waals surface area contributed by atoms with Crippen molar-refractivity contribution < 1.29 is 9.53 Å². The van der Waals surface area contributed by atoms with Crippen LogP contribution in [0.2, 0.25) is 0 Å². The Labute approximate surface area is 159 Å². The summed E-state index contributed by atoms with van der Waals surface area (Å²) < 4.78 is 7.50. The van der Waals surface area contributed by atoms with Gasteiger partial charge in [0.2, 0.25) is 5.91 Å². The number of fused-ring (bicyclic) bond motifs is 1. The summed E-state index contributed by atoms with van der Waals surface area (Å²) in [5.41, 5.74) is 1.08. The summed E-state index contributed by atoms with van der Waals surface area (Å²) in [6.45, 7) is 3.81. The number of thioether (sulfide) groups is 1. The van der Waals surface area contributed by atoms with Crippen LogP contribution in [0.5, 0.6) is 5.75 Å². The Morgan fingerprint density at radius 3 is 2.85 bits per heavy atom. The van der Waals surface area contributed by atoms with Crippen molar-refractivity contribution in [2.45, 2.75) is 25.0 Å². The molecule has 6 nitrogen and oxygen atoms in total. The first-order valence-electron chi connectivity index (χ1n) is 8.07. The molecule has 0 unspecified atom stereocenters. The molecule has 1 amide bonds. The lowest BCUT2D eigenvalue weighted by molar-refractivity contribution is -0.119. The van der Waals surface area contributed by atoms with Crippen LogP contribution < -0.4 is 15.6 Å². The number of hydrogen-bond acceptors (Lipinski definition) is 6. The second-order valence-electron chi connectivity index (χ2n) is 5.85. The summed E-state index contributed by atoms with van der Waals surface area (Å²) >= 11 is 2.59. The predicted octanol–water partition coefficient (Wildman–Crippen LogP) is 3.07. The van der Waals surface area contributed by atoms with Crippen molar-refractivity contribution in [2.75, 3.05) is 12.9 Å². The Morgan fingerprint density at radius 2 is 2.12 bits per heavy atom. The molecule has 1 N–H and O–H groups in total. The number of thiophene rings is 1. The van der Waals surface area contributed by atoms with E-state index in [1.165, 1.54) is 27.7 Å². The Balaban J connectivity index is 2.09. The molecule has 0 bridgehead atoms. The number of carbonyl (C=O) groups excluding carboxylic acids is 1. The molecule has 0 saturated heterocycles. The van der Waals surface area contributed by atoms with E-state index < -0.39 is 0 Å². The third-order valence-corrected chi connectivity index (χ3v) is 5.39. The minimum Gasteiger partial charge on any atom is -0.495 e. The van der Waals surface area contributed by atoms with E-state index in [9.17, 15) is 9.59 Å². The molecule has 0 atom stereocenters. The fourth-order valence-corrected chi connectivity index (χ4v) is 4.09. The van der Waals surface area contributed by atoms with Crippen LogP contribution in [0.3, 0.4) is 0 Å². The van der Waals surface area contributed by atoms with Gasteiger partial charge in [-0.3, -0.25) is 14.2 Å². The lowest BCUT2D eigenvalue weighted by Gasteiger charge is -2.15. The van der Waals surface area contributed by atoms with Gasteiger partial charge in [0.1, 0.15) is 10.4 Å². The Morgan fingerprint density at radius 1 is 1.35 bits per heavy atom. The highest BCUT2D eigenvalue weighted by atomic mass is 32.2. The number of aromatic nitrogens is 2. The zero-order valence-electron chi connectivity index (χ0n) is 14.7. The molecule has 0 radical (unpaired) electrons. The van der Waals surface area contributed by atoms with E-state index in [4.69, 9.17) is 4.74 Å². The van der Waals surface area contributed by atoms with Crippen molar-refractivity contribution in [1.29, 1.82) is 0 Å². The summed E-state index contributed by atoms with van der Waals surface area (Å²) in [5, 5.41) is 5.15. The molecule has 26 heavy (non-hydrogen) atoms. The first-order chi connectivity index (χ1) is 12.5. The van der Waals surface area contributed by atoms with Gasteiger partial charge in [-0.05, 0) is 37.4 Å². The highest BCUT2D eigenvalue weighted by molar-refractivity contribution is 7.99. The van der Waals surface area contributed by atoms with Gasteiger partial charge in [0, 0.05) is 6.04 Å². The molecule has 3 rings (SSSR count). The van der Waals surface area contributed by atoms with Crippen molar-refractivity contribution in [3.63, 3.8) is 0 Å². The van der Waals surface area contributed by atoms with Gasteiger partial charge < -0.3 is 10.1 Å². The van der Waals surface area contributed by atoms with Crippen LogP contribution >= 0.6 is 23.1 Å². The number of carbonyl (C=O) groups is 1. The zero-order chi connectivity index (χ0) is 18.7. The molecule has 0 aliphatic rings. The van der Waals surface area contributed by atoms with Gasteiger partial charge >= 0.3 is 0 Å². The Bertz CT molecular complexity index is 995. The zero-order valence-corrected chi connectivity index (χ0v) is 16.3. The van der Waals surface area contributed by atoms with Gasteiger partial charge in [-0.2, -0.15) is 0 Å². The van der Waals surface area contributed by atoms with Crippen LogP contribution in [0.4, 0.5) is 0 Å². The summed E-state index contributed by atoms with van der Waals surface area (Å²) in [4.78, 5) is 29.7. The molecule has 0 fully saturated rings. The fourth-order valence-electron chi connectivity index (χ4n) is 2.51. The number of amides is 1. The minimum atomic E-state index is -0.165. The number of benzene rings is 1. The van der Waals surface area contributed by atoms with Crippen molar-refractivity contribution >= 4 is 39.2 Å². The molecular formula is C18H19N3O3S2. The largest absolute Gasteiger partial charge is 0.495 e. The lowest BCUT2D eigenvalue weighted by atomic mass is 10.3. The van der Waals surface area contributed by atoms with E-state index in [0.29, 0.717) is 26.8 Å². The average molecular weight is 390 g/mol. The maximum absolute atomic E-state index is 13.1. The van der Waals surface area contributed by atoms with Gasteiger partial charge in [0.05, 0.1) is 24.1 Å². The van der Waals surface area contributed by atoms with E-state index in [1.54, 1.807) is 19.2 Å². The van der Waals surface area contributed by atoms with Crippen LogP contribution in [0.25, 0.3) is 15.9 Å². The van der Waals surface area contributed by atoms with E-state index in [-0.39, 0.29) is 23.3 Å². The van der Waals surface area contributed by atoms with E-state index in [1.807, 2.05) is 37.4 Å². The summed E-state index contributed by atoms with van der Waals surface area (Å²) in [6.07, 6.45) is 0. The number of para-hydroxylation sites is 2. The molecule has 2 heterocycles. The maximum atomic E-state index is 13.1. The Kier molecular flexibility index (Phi) is 5.63. The summed E-state index contributed by atoms with van der Waals surface area (Å²) in [6, 6.07) is 9.15. The van der Waals surface area contributed by atoms with Crippen molar-refractivity contribution in [3.8, 4) is 11.4 Å². The summed E-state index contributed by atoms with van der Waals surface area (Å²) in [5.74, 6) is 0.645.